The fourth-order valence-corrected chi connectivity index (χ4v) is 2.45. The fourth-order valence-electron chi connectivity index (χ4n) is 2.45. The first-order valence-corrected chi connectivity index (χ1v) is 7.53. The zero-order valence-electron chi connectivity index (χ0n) is 13.4. The van der Waals surface area contributed by atoms with Gasteiger partial charge in [-0.05, 0) is 30.4 Å². The van der Waals surface area contributed by atoms with E-state index in [1.807, 2.05) is 4.90 Å². The molecule has 1 fully saturated rings. The van der Waals surface area contributed by atoms with Gasteiger partial charge in [0.1, 0.15) is 0 Å². The number of aromatic nitrogens is 1. The van der Waals surface area contributed by atoms with Gasteiger partial charge in [-0.15, -0.1) is 24.0 Å². The van der Waals surface area contributed by atoms with E-state index in [0.29, 0.717) is 17.4 Å². The van der Waals surface area contributed by atoms with Crippen molar-refractivity contribution < 1.29 is 17.9 Å². The number of hydrogen-bond donors (Lipinski definition) is 1. The summed E-state index contributed by atoms with van der Waals surface area (Å²) in [6.45, 7) is 2.86. The van der Waals surface area contributed by atoms with Crippen molar-refractivity contribution in [1.82, 2.24) is 9.88 Å². The predicted octanol–water partition coefficient (Wildman–Crippen LogP) is 3.19. The number of halogens is 4. The standard InChI is InChI=1S/C15H21F3N4O.HI/c1-11-3-2-6-22(9-11)14(19)21-8-12-4-5-20-13(7-12)23-10-15(16,17)18;/h4-5,7,11H,2-3,6,8-10H2,1H3,(H2,19,21);1H. The molecule has 136 valence electrons. The molecule has 0 aromatic carbocycles. The SMILES string of the molecule is CC1CCCN(C(N)=NCc2ccnc(OCC(F)(F)F)c2)C1.I. The number of alkyl halides is 3. The van der Waals surface area contributed by atoms with Crippen LogP contribution in [0.1, 0.15) is 25.3 Å². The van der Waals surface area contributed by atoms with Crippen molar-refractivity contribution in [2.24, 2.45) is 16.6 Å². The van der Waals surface area contributed by atoms with E-state index in [1.165, 1.54) is 18.7 Å². The minimum atomic E-state index is -4.38. The van der Waals surface area contributed by atoms with Crippen molar-refractivity contribution in [2.75, 3.05) is 19.7 Å². The highest BCUT2D eigenvalue weighted by Crippen LogP contribution is 2.18. The topological polar surface area (TPSA) is 63.7 Å². The maximum absolute atomic E-state index is 12.1. The first-order chi connectivity index (χ1) is 10.8. The molecular weight excluding hydrogens is 436 g/mol. The van der Waals surface area contributed by atoms with Gasteiger partial charge in [-0.1, -0.05) is 6.92 Å². The Kier molecular flexibility index (Phi) is 8.04. The third-order valence-electron chi connectivity index (χ3n) is 3.59. The number of likely N-dealkylation sites (tertiary alicyclic amines) is 1. The lowest BCUT2D eigenvalue weighted by molar-refractivity contribution is -0.154. The normalized spacial score (nSPS) is 18.9. The Morgan fingerprint density at radius 2 is 2.25 bits per heavy atom. The number of nitrogens with two attached hydrogens (primary N) is 1. The van der Waals surface area contributed by atoms with Gasteiger partial charge in [0.2, 0.25) is 5.88 Å². The number of hydrogen-bond acceptors (Lipinski definition) is 3. The van der Waals surface area contributed by atoms with Crippen LogP contribution in [0, 0.1) is 5.92 Å². The zero-order chi connectivity index (χ0) is 16.9. The average molecular weight is 458 g/mol. The molecule has 0 aliphatic carbocycles. The van der Waals surface area contributed by atoms with Crippen LogP contribution < -0.4 is 10.5 Å². The van der Waals surface area contributed by atoms with Gasteiger partial charge in [-0.2, -0.15) is 13.2 Å². The molecule has 0 amide bonds. The quantitative estimate of drug-likeness (QED) is 0.428. The van der Waals surface area contributed by atoms with Crippen LogP contribution in [0.2, 0.25) is 0 Å². The van der Waals surface area contributed by atoms with E-state index in [1.54, 1.807) is 6.07 Å². The molecule has 1 aliphatic heterocycles. The first kappa shape index (κ1) is 20.8. The Hall–Kier alpha value is -1.26. The number of aliphatic imine (C=N–C) groups is 1. The summed E-state index contributed by atoms with van der Waals surface area (Å²) in [5, 5.41) is 0. The number of piperidine rings is 1. The lowest BCUT2D eigenvalue weighted by Gasteiger charge is -2.31. The summed E-state index contributed by atoms with van der Waals surface area (Å²) in [5.41, 5.74) is 6.69. The Labute approximate surface area is 156 Å². The smallest absolute Gasteiger partial charge is 0.422 e. The van der Waals surface area contributed by atoms with Crippen molar-refractivity contribution in [3.8, 4) is 5.88 Å². The van der Waals surface area contributed by atoms with Gasteiger partial charge >= 0.3 is 6.18 Å². The maximum atomic E-state index is 12.1. The summed E-state index contributed by atoms with van der Waals surface area (Å²) in [4.78, 5) is 10.1. The number of ether oxygens (including phenoxy) is 1. The van der Waals surface area contributed by atoms with Crippen LogP contribution in [0.3, 0.4) is 0 Å². The van der Waals surface area contributed by atoms with Crippen molar-refractivity contribution in [3.63, 3.8) is 0 Å². The van der Waals surface area contributed by atoms with Gasteiger partial charge < -0.3 is 15.4 Å². The summed E-state index contributed by atoms with van der Waals surface area (Å²) >= 11 is 0. The molecule has 1 saturated heterocycles. The largest absolute Gasteiger partial charge is 0.468 e. The molecule has 1 aromatic rings. The molecule has 1 atom stereocenters. The maximum Gasteiger partial charge on any atom is 0.422 e. The van der Waals surface area contributed by atoms with Crippen LogP contribution in [-0.4, -0.2) is 41.7 Å². The van der Waals surface area contributed by atoms with E-state index in [2.05, 4.69) is 21.6 Å². The van der Waals surface area contributed by atoms with Crippen molar-refractivity contribution in [2.45, 2.75) is 32.5 Å². The summed E-state index contributed by atoms with van der Waals surface area (Å²) in [5.74, 6) is 0.979. The van der Waals surface area contributed by atoms with Crippen molar-refractivity contribution in [3.05, 3.63) is 23.9 Å². The lowest BCUT2D eigenvalue weighted by atomic mass is 10.0. The molecule has 5 nitrogen and oxygen atoms in total. The molecule has 0 bridgehead atoms. The second kappa shape index (κ2) is 9.28. The first-order valence-electron chi connectivity index (χ1n) is 7.53. The summed E-state index contributed by atoms with van der Waals surface area (Å²) in [7, 11) is 0. The zero-order valence-corrected chi connectivity index (χ0v) is 15.8. The molecule has 0 saturated carbocycles. The highest BCUT2D eigenvalue weighted by atomic mass is 127. The molecular formula is C15H22F3IN4O. The molecule has 1 aliphatic rings. The average Bonchev–Trinajstić information content (AvgIpc) is 2.50. The van der Waals surface area contributed by atoms with E-state index in [4.69, 9.17) is 5.73 Å². The van der Waals surface area contributed by atoms with Crippen molar-refractivity contribution >= 4 is 29.9 Å². The molecule has 1 aromatic heterocycles. The second-order valence-electron chi connectivity index (χ2n) is 5.77. The van der Waals surface area contributed by atoms with E-state index < -0.39 is 12.8 Å². The molecule has 0 radical (unpaired) electrons. The Bertz CT molecular complexity index is 554. The van der Waals surface area contributed by atoms with Crippen LogP contribution >= 0.6 is 24.0 Å². The number of guanidine groups is 1. The van der Waals surface area contributed by atoms with Gasteiger partial charge in [-0.25, -0.2) is 9.98 Å². The third kappa shape index (κ3) is 7.10. The van der Waals surface area contributed by atoms with Gasteiger partial charge in [0.25, 0.3) is 0 Å². The third-order valence-corrected chi connectivity index (χ3v) is 3.59. The van der Waals surface area contributed by atoms with E-state index in [0.717, 1.165) is 19.5 Å². The van der Waals surface area contributed by atoms with E-state index >= 15 is 0 Å². The molecule has 2 rings (SSSR count). The number of pyridine rings is 1. The minimum Gasteiger partial charge on any atom is -0.468 e. The second-order valence-corrected chi connectivity index (χ2v) is 5.77. The highest BCUT2D eigenvalue weighted by Gasteiger charge is 2.28. The highest BCUT2D eigenvalue weighted by molar-refractivity contribution is 14.0. The number of rotatable bonds is 4. The molecule has 24 heavy (non-hydrogen) atoms. The molecule has 1 unspecified atom stereocenters. The van der Waals surface area contributed by atoms with Crippen LogP contribution in [0.4, 0.5) is 13.2 Å². The Morgan fingerprint density at radius 3 is 2.92 bits per heavy atom. The van der Waals surface area contributed by atoms with E-state index in [9.17, 15) is 13.2 Å². The van der Waals surface area contributed by atoms with Crippen molar-refractivity contribution in [1.29, 1.82) is 0 Å². The van der Waals surface area contributed by atoms with Crippen LogP contribution in [0.25, 0.3) is 0 Å². The van der Waals surface area contributed by atoms with Crippen LogP contribution in [0.15, 0.2) is 23.3 Å². The van der Waals surface area contributed by atoms with Gasteiger partial charge in [0.05, 0.1) is 6.54 Å². The molecule has 0 spiro atoms. The molecule has 2 N–H and O–H groups in total. The summed E-state index contributed by atoms with van der Waals surface area (Å²) < 4.78 is 41.0. The monoisotopic (exact) mass is 458 g/mol. The molecule has 2 heterocycles. The lowest BCUT2D eigenvalue weighted by Crippen LogP contribution is -2.43. The van der Waals surface area contributed by atoms with Gasteiger partial charge in [-0.3, -0.25) is 0 Å². The Balaban J connectivity index is 0.00000288. The summed E-state index contributed by atoms with van der Waals surface area (Å²) in [6, 6.07) is 3.12. The van der Waals surface area contributed by atoms with Crippen LogP contribution in [-0.2, 0) is 6.54 Å². The predicted molar refractivity (Wildman–Crippen MR) is 96.5 cm³/mol. The fraction of sp³-hybridized carbons (Fsp3) is 0.600. The van der Waals surface area contributed by atoms with Crippen LogP contribution in [0.5, 0.6) is 5.88 Å². The Morgan fingerprint density at radius 1 is 1.50 bits per heavy atom. The summed E-state index contributed by atoms with van der Waals surface area (Å²) in [6.07, 6.45) is -0.711. The molecule has 9 heteroatoms. The van der Waals surface area contributed by atoms with Gasteiger partial charge in [0, 0.05) is 25.4 Å². The van der Waals surface area contributed by atoms with Gasteiger partial charge in [0.15, 0.2) is 12.6 Å². The number of nitrogens with zero attached hydrogens (tertiary/aromatic N) is 3. The minimum absolute atomic E-state index is 0. The van der Waals surface area contributed by atoms with E-state index in [-0.39, 0.29) is 36.4 Å².